The summed E-state index contributed by atoms with van der Waals surface area (Å²) >= 11 is 0. The third-order valence-electron chi connectivity index (χ3n) is 3.08. The zero-order valence-electron chi connectivity index (χ0n) is 12.0. The van der Waals surface area contributed by atoms with Crippen molar-refractivity contribution in [3.05, 3.63) is 29.8 Å². The van der Waals surface area contributed by atoms with Gasteiger partial charge in [-0.15, -0.1) is 24.0 Å². The Morgan fingerprint density at radius 2 is 2.11 bits per heavy atom. The zero-order valence-corrected chi connectivity index (χ0v) is 14.3. The van der Waals surface area contributed by atoms with Crippen LogP contribution in [0.1, 0.15) is 26.3 Å². The maximum Gasteiger partial charge on any atom is 0.198 e. The van der Waals surface area contributed by atoms with Crippen LogP contribution in [-0.2, 0) is 6.42 Å². The smallest absolute Gasteiger partial charge is 0.198 e. The molecule has 4 heteroatoms. The van der Waals surface area contributed by atoms with Crippen molar-refractivity contribution < 1.29 is 0 Å². The number of benzene rings is 1. The maximum absolute atomic E-state index is 4.73. The van der Waals surface area contributed by atoms with Crippen LogP contribution in [0.3, 0.4) is 0 Å². The van der Waals surface area contributed by atoms with Crippen LogP contribution >= 0.6 is 24.0 Å². The molecule has 0 spiro atoms. The zero-order chi connectivity index (χ0) is 13.0. The molecule has 0 amide bonds. The van der Waals surface area contributed by atoms with Gasteiger partial charge in [-0.05, 0) is 30.9 Å². The molecule has 106 valence electrons. The van der Waals surface area contributed by atoms with Gasteiger partial charge in [0.15, 0.2) is 5.96 Å². The Kier molecular flexibility index (Phi) is 6.62. The molecule has 0 aromatic heterocycles. The number of para-hydroxylation sites is 1. The van der Waals surface area contributed by atoms with E-state index in [9.17, 15) is 0 Å². The summed E-state index contributed by atoms with van der Waals surface area (Å²) in [7, 11) is 0. The fourth-order valence-corrected chi connectivity index (χ4v) is 2.22. The van der Waals surface area contributed by atoms with Crippen LogP contribution in [0.2, 0.25) is 0 Å². The Morgan fingerprint density at radius 3 is 2.79 bits per heavy atom. The third-order valence-corrected chi connectivity index (χ3v) is 3.08. The molecule has 0 atom stereocenters. The first-order valence-electron chi connectivity index (χ1n) is 6.86. The lowest BCUT2D eigenvalue weighted by molar-refractivity contribution is 0.660. The van der Waals surface area contributed by atoms with Gasteiger partial charge in [-0.25, -0.2) is 0 Å². The SMILES string of the molecule is CCNC(=NCC(C)C)N1CCc2ccccc21.I. The third kappa shape index (κ3) is 4.09. The number of hydrogen-bond acceptors (Lipinski definition) is 1. The normalized spacial score (nSPS) is 14.3. The van der Waals surface area contributed by atoms with Crippen LogP contribution in [0.5, 0.6) is 0 Å². The Balaban J connectivity index is 0.00000180. The molecule has 0 saturated heterocycles. The molecular weight excluding hydrogens is 349 g/mol. The highest BCUT2D eigenvalue weighted by Crippen LogP contribution is 2.27. The van der Waals surface area contributed by atoms with Crippen molar-refractivity contribution >= 4 is 35.6 Å². The summed E-state index contributed by atoms with van der Waals surface area (Å²) in [5.74, 6) is 1.62. The molecule has 0 aliphatic carbocycles. The van der Waals surface area contributed by atoms with Gasteiger partial charge in [0.25, 0.3) is 0 Å². The van der Waals surface area contributed by atoms with E-state index in [0.29, 0.717) is 5.92 Å². The fraction of sp³-hybridized carbons (Fsp3) is 0.533. The van der Waals surface area contributed by atoms with Crippen molar-refractivity contribution in [3.63, 3.8) is 0 Å². The topological polar surface area (TPSA) is 27.6 Å². The van der Waals surface area contributed by atoms with Crippen molar-refractivity contribution in [2.75, 3.05) is 24.5 Å². The van der Waals surface area contributed by atoms with E-state index >= 15 is 0 Å². The molecule has 1 aromatic carbocycles. The Morgan fingerprint density at radius 1 is 1.37 bits per heavy atom. The van der Waals surface area contributed by atoms with Gasteiger partial charge in [0.2, 0.25) is 0 Å². The minimum Gasteiger partial charge on any atom is -0.356 e. The molecule has 0 unspecified atom stereocenters. The average Bonchev–Trinajstić information content (AvgIpc) is 2.78. The summed E-state index contributed by atoms with van der Waals surface area (Å²) in [5.41, 5.74) is 2.73. The van der Waals surface area contributed by atoms with Crippen molar-refractivity contribution in [2.24, 2.45) is 10.9 Å². The van der Waals surface area contributed by atoms with Gasteiger partial charge in [-0.3, -0.25) is 4.99 Å². The molecule has 1 aliphatic rings. The number of hydrogen-bond donors (Lipinski definition) is 1. The Hall–Kier alpha value is -0.780. The summed E-state index contributed by atoms with van der Waals surface area (Å²) in [6.45, 7) is 9.34. The number of anilines is 1. The predicted molar refractivity (Wildman–Crippen MR) is 93.7 cm³/mol. The number of fused-ring (bicyclic) bond motifs is 1. The number of rotatable bonds is 3. The van der Waals surface area contributed by atoms with Crippen LogP contribution in [0.25, 0.3) is 0 Å². The highest BCUT2D eigenvalue weighted by atomic mass is 127. The lowest BCUT2D eigenvalue weighted by Crippen LogP contribution is -2.40. The maximum atomic E-state index is 4.73. The average molecular weight is 373 g/mol. The number of halogens is 1. The molecule has 1 aliphatic heterocycles. The van der Waals surface area contributed by atoms with E-state index in [1.807, 2.05) is 0 Å². The summed E-state index contributed by atoms with van der Waals surface area (Å²) in [4.78, 5) is 7.03. The number of nitrogens with one attached hydrogen (secondary N) is 1. The molecule has 0 fully saturated rings. The predicted octanol–water partition coefficient (Wildman–Crippen LogP) is 3.29. The molecule has 1 aromatic rings. The largest absolute Gasteiger partial charge is 0.356 e. The van der Waals surface area contributed by atoms with E-state index in [1.54, 1.807) is 0 Å². The van der Waals surface area contributed by atoms with Gasteiger partial charge in [0.1, 0.15) is 0 Å². The standard InChI is InChI=1S/C15H23N3.HI/c1-4-16-15(17-11-12(2)3)18-10-9-13-7-5-6-8-14(13)18;/h5-8,12H,4,9-11H2,1-3H3,(H,16,17);1H. The van der Waals surface area contributed by atoms with Crippen LogP contribution in [0.15, 0.2) is 29.3 Å². The Labute approximate surface area is 133 Å². The van der Waals surface area contributed by atoms with Gasteiger partial charge >= 0.3 is 0 Å². The molecule has 0 radical (unpaired) electrons. The summed E-state index contributed by atoms with van der Waals surface area (Å²) < 4.78 is 0. The summed E-state index contributed by atoms with van der Waals surface area (Å²) in [6.07, 6.45) is 1.11. The molecule has 0 bridgehead atoms. The fourth-order valence-electron chi connectivity index (χ4n) is 2.22. The van der Waals surface area contributed by atoms with Gasteiger partial charge in [0.05, 0.1) is 0 Å². The molecule has 2 rings (SSSR count). The quantitative estimate of drug-likeness (QED) is 0.500. The minimum absolute atomic E-state index is 0. The van der Waals surface area contributed by atoms with Gasteiger partial charge in [0, 0.05) is 25.3 Å². The molecule has 3 nitrogen and oxygen atoms in total. The van der Waals surface area contributed by atoms with Gasteiger partial charge in [-0.2, -0.15) is 0 Å². The highest BCUT2D eigenvalue weighted by Gasteiger charge is 2.22. The second-order valence-electron chi connectivity index (χ2n) is 5.12. The first-order valence-corrected chi connectivity index (χ1v) is 6.86. The van der Waals surface area contributed by atoms with Gasteiger partial charge in [-0.1, -0.05) is 32.0 Å². The van der Waals surface area contributed by atoms with E-state index in [2.05, 4.69) is 55.3 Å². The number of guanidine groups is 1. The second kappa shape index (κ2) is 7.72. The monoisotopic (exact) mass is 373 g/mol. The number of aliphatic imine (C=N–C) groups is 1. The van der Waals surface area contributed by atoms with Crippen LogP contribution in [0.4, 0.5) is 5.69 Å². The lowest BCUT2D eigenvalue weighted by atomic mass is 10.2. The molecule has 0 saturated carbocycles. The van der Waals surface area contributed by atoms with E-state index in [1.165, 1.54) is 11.3 Å². The molecule has 1 N–H and O–H groups in total. The minimum atomic E-state index is 0. The van der Waals surface area contributed by atoms with E-state index in [0.717, 1.165) is 32.0 Å². The lowest BCUT2D eigenvalue weighted by Gasteiger charge is -2.22. The summed E-state index contributed by atoms with van der Waals surface area (Å²) in [5, 5.41) is 3.40. The van der Waals surface area contributed by atoms with Crippen molar-refractivity contribution in [3.8, 4) is 0 Å². The van der Waals surface area contributed by atoms with Crippen LogP contribution < -0.4 is 10.2 Å². The molecular formula is C15H24IN3. The van der Waals surface area contributed by atoms with E-state index in [4.69, 9.17) is 4.99 Å². The first-order chi connectivity index (χ1) is 8.72. The van der Waals surface area contributed by atoms with Crippen LogP contribution in [-0.4, -0.2) is 25.6 Å². The van der Waals surface area contributed by atoms with E-state index in [-0.39, 0.29) is 24.0 Å². The summed E-state index contributed by atoms with van der Waals surface area (Å²) in [6, 6.07) is 8.61. The van der Waals surface area contributed by atoms with Crippen molar-refractivity contribution in [1.29, 1.82) is 0 Å². The number of nitrogens with zero attached hydrogens (tertiary/aromatic N) is 2. The highest BCUT2D eigenvalue weighted by molar-refractivity contribution is 14.0. The molecule has 19 heavy (non-hydrogen) atoms. The Bertz CT molecular complexity index is 429. The first kappa shape index (κ1) is 16.3. The van der Waals surface area contributed by atoms with Gasteiger partial charge < -0.3 is 10.2 Å². The van der Waals surface area contributed by atoms with Crippen molar-refractivity contribution in [2.45, 2.75) is 27.2 Å². The molecule has 1 heterocycles. The second-order valence-corrected chi connectivity index (χ2v) is 5.12. The van der Waals surface area contributed by atoms with E-state index < -0.39 is 0 Å². The van der Waals surface area contributed by atoms with Crippen molar-refractivity contribution in [1.82, 2.24) is 5.32 Å². The van der Waals surface area contributed by atoms with Crippen LogP contribution in [0, 0.1) is 5.92 Å².